The van der Waals surface area contributed by atoms with Gasteiger partial charge in [0.15, 0.2) is 0 Å². The van der Waals surface area contributed by atoms with Gasteiger partial charge >= 0.3 is 0 Å². The first kappa shape index (κ1) is 12.0. The van der Waals surface area contributed by atoms with Gasteiger partial charge in [0.05, 0.1) is 6.10 Å². The fraction of sp³-hybridized carbons (Fsp3) is 1.00. The minimum Gasteiger partial charge on any atom is -0.380 e. The summed E-state index contributed by atoms with van der Waals surface area (Å²) in [4.78, 5) is 2.53. The molecule has 2 nitrogen and oxygen atoms in total. The van der Waals surface area contributed by atoms with Crippen LogP contribution in [0.5, 0.6) is 0 Å². The Balaban J connectivity index is 2.09. The molecule has 1 heterocycles. The van der Waals surface area contributed by atoms with Crippen LogP contribution in [0, 0.1) is 5.41 Å². The Kier molecular flexibility index (Phi) is 4.39. The SMILES string of the molecule is COC1CCN(CCCC(C)(C)C)C1. The number of methoxy groups -OCH3 is 1. The lowest BCUT2D eigenvalue weighted by molar-refractivity contribution is 0.107. The van der Waals surface area contributed by atoms with Gasteiger partial charge in [-0.2, -0.15) is 0 Å². The predicted octanol–water partition coefficient (Wildman–Crippen LogP) is 2.53. The number of ether oxygens (including phenoxy) is 1. The molecule has 0 spiro atoms. The third-order valence-electron chi connectivity index (χ3n) is 2.96. The van der Waals surface area contributed by atoms with Crippen molar-refractivity contribution in [2.24, 2.45) is 5.41 Å². The number of hydrogen-bond acceptors (Lipinski definition) is 2. The van der Waals surface area contributed by atoms with E-state index in [2.05, 4.69) is 25.7 Å². The molecule has 0 amide bonds. The van der Waals surface area contributed by atoms with Gasteiger partial charge in [0.2, 0.25) is 0 Å². The van der Waals surface area contributed by atoms with Gasteiger partial charge in [-0.05, 0) is 31.2 Å². The van der Waals surface area contributed by atoms with Crippen molar-refractivity contribution in [2.45, 2.75) is 46.1 Å². The summed E-state index contributed by atoms with van der Waals surface area (Å²) in [6.07, 6.45) is 4.34. The van der Waals surface area contributed by atoms with Gasteiger partial charge in [0.1, 0.15) is 0 Å². The standard InChI is InChI=1S/C12H25NO/c1-12(2,3)7-5-8-13-9-6-11(10-13)14-4/h11H,5-10H2,1-4H3. The topological polar surface area (TPSA) is 12.5 Å². The van der Waals surface area contributed by atoms with E-state index in [4.69, 9.17) is 4.74 Å². The van der Waals surface area contributed by atoms with Crippen molar-refractivity contribution < 1.29 is 4.74 Å². The molecule has 0 aromatic carbocycles. The number of rotatable bonds is 4. The van der Waals surface area contributed by atoms with Crippen LogP contribution in [0.2, 0.25) is 0 Å². The molecule has 0 aliphatic carbocycles. The lowest BCUT2D eigenvalue weighted by Crippen LogP contribution is -2.24. The maximum absolute atomic E-state index is 5.35. The maximum atomic E-state index is 5.35. The predicted molar refractivity (Wildman–Crippen MR) is 60.5 cm³/mol. The second-order valence-electron chi connectivity index (χ2n) is 5.61. The molecule has 0 bridgehead atoms. The van der Waals surface area contributed by atoms with Gasteiger partial charge < -0.3 is 9.64 Å². The van der Waals surface area contributed by atoms with E-state index in [1.165, 1.54) is 32.4 Å². The van der Waals surface area contributed by atoms with Gasteiger partial charge in [-0.1, -0.05) is 20.8 Å². The lowest BCUT2D eigenvalue weighted by atomic mass is 9.90. The van der Waals surface area contributed by atoms with Gasteiger partial charge in [0, 0.05) is 20.2 Å². The summed E-state index contributed by atoms with van der Waals surface area (Å²) >= 11 is 0. The van der Waals surface area contributed by atoms with Gasteiger partial charge in [-0.25, -0.2) is 0 Å². The fourth-order valence-electron chi connectivity index (χ4n) is 2.03. The molecular weight excluding hydrogens is 174 g/mol. The molecule has 0 saturated carbocycles. The largest absolute Gasteiger partial charge is 0.380 e. The minimum atomic E-state index is 0.486. The Bertz CT molecular complexity index is 162. The fourth-order valence-corrected chi connectivity index (χ4v) is 2.03. The second kappa shape index (κ2) is 5.13. The maximum Gasteiger partial charge on any atom is 0.0710 e. The van der Waals surface area contributed by atoms with Crippen LogP contribution in [-0.4, -0.2) is 37.7 Å². The molecule has 1 rings (SSSR count). The van der Waals surface area contributed by atoms with Gasteiger partial charge in [-0.3, -0.25) is 0 Å². The Labute approximate surface area is 88.6 Å². The van der Waals surface area contributed by atoms with E-state index in [0.29, 0.717) is 11.5 Å². The Morgan fingerprint density at radius 3 is 2.57 bits per heavy atom. The van der Waals surface area contributed by atoms with Crippen molar-refractivity contribution in [3.05, 3.63) is 0 Å². The summed E-state index contributed by atoms with van der Waals surface area (Å²) < 4.78 is 5.35. The average molecular weight is 199 g/mol. The van der Waals surface area contributed by atoms with E-state index in [0.717, 1.165) is 6.54 Å². The van der Waals surface area contributed by atoms with Crippen LogP contribution >= 0.6 is 0 Å². The van der Waals surface area contributed by atoms with Gasteiger partial charge in [0.25, 0.3) is 0 Å². The summed E-state index contributed by atoms with van der Waals surface area (Å²) in [6.45, 7) is 10.6. The van der Waals surface area contributed by atoms with Crippen molar-refractivity contribution in [1.82, 2.24) is 4.90 Å². The second-order valence-corrected chi connectivity index (χ2v) is 5.61. The summed E-state index contributed by atoms with van der Waals surface area (Å²) in [5.74, 6) is 0. The quantitative estimate of drug-likeness (QED) is 0.690. The van der Waals surface area contributed by atoms with Crippen LogP contribution in [0.25, 0.3) is 0 Å². The van der Waals surface area contributed by atoms with E-state index >= 15 is 0 Å². The minimum absolute atomic E-state index is 0.486. The molecule has 1 atom stereocenters. The summed E-state index contributed by atoms with van der Waals surface area (Å²) in [6, 6.07) is 0. The molecule has 0 N–H and O–H groups in total. The number of nitrogens with zero attached hydrogens (tertiary/aromatic N) is 1. The molecule has 0 aromatic rings. The zero-order chi connectivity index (χ0) is 10.6. The van der Waals surface area contributed by atoms with E-state index in [1.807, 2.05) is 7.11 Å². The zero-order valence-electron chi connectivity index (χ0n) is 10.2. The normalized spacial score (nSPS) is 24.4. The Morgan fingerprint density at radius 1 is 1.36 bits per heavy atom. The van der Waals surface area contributed by atoms with E-state index < -0.39 is 0 Å². The molecule has 1 saturated heterocycles. The van der Waals surface area contributed by atoms with Crippen LogP contribution in [0.1, 0.15) is 40.0 Å². The van der Waals surface area contributed by atoms with Crippen molar-refractivity contribution in [1.29, 1.82) is 0 Å². The molecule has 1 unspecified atom stereocenters. The summed E-state index contributed by atoms with van der Waals surface area (Å²) in [7, 11) is 1.82. The third kappa shape index (κ3) is 4.43. The number of likely N-dealkylation sites (tertiary alicyclic amines) is 1. The van der Waals surface area contributed by atoms with Crippen molar-refractivity contribution in [3.8, 4) is 0 Å². The average Bonchev–Trinajstić information content (AvgIpc) is 2.50. The summed E-state index contributed by atoms with van der Waals surface area (Å²) in [5.41, 5.74) is 0.486. The highest BCUT2D eigenvalue weighted by atomic mass is 16.5. The summed E-state index contributed by atoms with van der Waals surface area (Å²) in [5, 5.41) is 0. The van der Waals surface area contributed by atoms with Crippen LogP contribution in [0.4, 0.5) is 0 Å². The monoisotopic (exact) mass is 199 g/mol. The van der Waals surface area contributed by atoms with Crippen LogP contribution in [0.15, 0.2) is 0 Å². The highest BCUT2D eigenvalue weighted by molar-refractivity contribution is 4.76. The van der Waals surface area contributed by atoms with Crippen LogP contribution < -0.4 is 0 Å². The van der Waals surface area contributed by atoms with E-state index in [-0.39, 0.29) is 0 Å². The number of hydrogen-bond donors (Lipinski definition) is 0. The van der Waals surface area contributed by atoms with Crippen molar-refractivity contribution in [3.63, 3.8) is 0 Å². The van der Waals surface area contributed by atoms with Gasteiger partial charge in [-0.15, -0.1) is 0 Å². The van der Waals surface area contributed by atoms with Crippen molar-refractivity contribution >= 4 is 0 Å². The first-order valence-electron chi connectivity index (χ1n) is 5.76. The molecule has 0 radical (unpaired) electrons. The van der Waals surface area contributed by atoms with E-state index in [1.54, 1.807) is 0 Å². The molecule has 2 heteroatoms. The molecule has 1 aliphatic heterocycles. The molecular formula is C12H25NO. The molecule has 14 heavy (non-hydrogen) atoms. The molecule has 1 fully saturated rings. The molecule has 0 aromatic heterocycles. The van der Waals surface area contributed by atoms with Crippen LogP contribution in [-0.2, 0) is 4.74 Å². The Morgan fingerprint density at radius 2 is 2.07 bits per heavy atom. The first-order chi connectivity index (χ1) is 6.51. The van der Waals surface area contributed by atoms with Crippen LogP contribution in [0.3, 0.4) is 0 Å². The third-order valence-corrected chi connectivity index (χ3v) is 2.96. The lowest BCUT2D eigenvalue weighted by Gasteiger charge is -2.21. The molecule has 1 aliphatic rings. The first-order valence-corrected chi connectivity index (χ1v) is 5.76. The van der Waals surface area contributed by atoms with Crippen molar-refractivity contribution in [2.75, 3.05) is 26.7 Å². The highest BCUT2D eigenvalue weighted by Crippen LogP contribution is 2.21. The Hall–Kier alpha value is -0.0800. The molecule has 84 valence electrons. The smallest absolute Gasteiger partial charge is 0.0710 e. The van der Waals surface area contributed by atoms with E-state index in [9.17, 15) is 0 Å². The highest BCUT2D eigenvalue weighted by Gasteiger charge is 2.21. The zero-order valence-corrected chi connectivity index (χ0v) is 10.2.